The average Bonchev–Trinajstić information content (AvgIpc) is 2.80. The Labute approximate surface area is 195 Å². The molecule has 0 fully saturated rings. The van der Waals surface area contributed by atoms with Crippen LogP contribution in [-0.2, 0) is 21.2 Å². The van der Waals surface area contributed by atoms with Gasteiger partial charge in [-0.25, -0.2) is 8.42 Å². The molecule has 3 aromatic rings. The topological polar surface area (TPSA) is 84.9 Å². The summed E-state index contributed by atoms with van der Waals surface area (Å²) in [6.45, 7) is 2.17. The second kappa shape index (κ2) is 10.6. The predicted octanol–water partition coefficient (Wildman–Crippen LogP) is 3.62. The first-order valence-electron chi connectivity index (χ1n) is 10.7. The molecule has 0 spiro atoms. The molecule has 3 aromatic carbocycles. The van der Waals surface area contributed by atoms with Crippen molar-refractivity contribution in [3.8, 4) is 11.5 Å². The third-order valence-corrected chi connectivity index (χ3v) is 6.58. The molecule has 1 unspecified atom stereocenters. The van der Waals surface area contributed by atoms with Gasteiger partial charge in [-0.3, -0.25) is 9.10 Å². The second-order valence-corrected chi connectivity index (χ2v) is 9.97. The molecule has 0 bridgehead atoms. The predicted molar refractivity (Wildman–Crippen MR) is 132 cm³/mol. The van der Waals surface area contributed by atoms with Crippen LogP contribution in [0, 0.1) is 5.92 Å². The Morgan fingerprint density at radius 3 is 2.39 bits per heavy atom. The lowest BCUT2D eigenvalue weighted by Gasteiger charge is -2.23. The molecule has 0 aliphatic carbocycles. The molecule has 0 aliphatic heterocycles. The molecular formula is C25H30N2O5S. The number of methoxy groups -OCH3 is 2. The summed E-state index contributed by atoms with van der Waals surface area (Å²) in [6.07, 6.45) is 1.87. The minimum Gasteiger partial charge on any atom is -0.493 e. The van der Waals surface area contributed by atoms with Crippen LogP contribution in [-0.4, -0.2) is 47.9 Å². The monoisotopic (exact) mass is 470 g/mol. The number of benzene rings is 3. The van der Waals surface area contributed by atoms with E-state index in [-0.39, 0.29) is 18.4 Å². The van der Waals surface area contributed by atoms with Crippen LogP contribution in [0.25, 0.3) is 10.8 Å². The van der Waals surface area contributed by atoms with E-state index in [1.807, 2.05) is 18.2 Å². The Morgan fingerprint density at radius 1 is 1.00 bits per heavy atom. The minimum atomic E-state index is -3.69. The summed E-state index contributed by atoms with van der Waals surface area (Å²) in [5.74, 6) is 0.654. The maximum Gasteiger partial charge on any atom is 0.240 e. The number of anilines is 1. The number of sulfonamides is 1. The van der Waals surface area contributed by atoms with E-state index in [1.165, 1.54) is 36.6 Å². The first-order valence-corrected chi connectivity index (χ1v) is 12.5. The molecule has 176 valence electrons. The number of carbonyl (C=O) groups excluding carboxylic acids is 1. The van der Waals surface area contributed by atoms with E-state index < -0.39 is 10.0 Å². The maximum atomic E-state index is 12.6. The summed E-state index contributed by atoms with van der Waals surface area (Å²) in [6, 6.07) is 19.2. The van der Waals surface area contributed by atoms with Crippen molar-refractivity contribution in [2.75, 3.05) is 37.9 Å². The molecular weight excluding hydrogens is 440 g/mol. The number of nitrogens with zero attached hydrogens (tertiary/aromatic N) is 1. The van der Waals surface area contributed by atoms with Crippen molar-refractivity contribution in [3.63, 3.8) is 0 Å². The quantitative estimate of drug-likeness (QED) is 0.489. The highest BCUT2D eigenvalue weighted by atomic mass is 32.2. The number of rotatable bonds is 10. The summed E-state index contributed by atoms with van der Waals surface area (Å²) in [5, 5.41) is 5.26. The molecule has 8 heteroatoms. The summed E-state index contributed by atoms with van der Waals surface area (Å²) in [7, 11) is -0.725. The Bertz CT molecular complexity index is 1220. The Hall–Kier alpha value is -3.26. The van der Waals surface area contributed by atoms with Gasteiger partial charge in [0.1, 0.15) is 6.54 Å². The van der Waals surface area contributed by atoms with Crippen LogP contribution < -0.4 is 19.1 Å². The Balaban J connectivity index is 1.66. The van der Waals surface area contributed by atoms with Crippen molar-refractivity contribution >= 4 is 32.4 Å². The molecule has 0 aromatic heterocycles. The Kier molecular flexibility index (Phi) is 7.81. The summed E-state index contributed by atoms with van der Waals surface area (Å²) < 4.78 is 36.3. The highest BCUT2D eigenvalue weighted by molar-refractivity contribution is 7.92. The molecule has 0 radical (unpaired) electrons. The van der Waals surface area contributed by atoms with Crippen molar-refractivity contribution in [1.29, 1.82) is 0 Å². The largest absolute Gasteiger partial charge is 0.493 e. The van der Waals surface area contributed by atoms with Crippen molar-refractivity contribution in [2.45, 2.75) is 13.3 Å². The van der Waals surface area contributed by atoms with Crippen LogP contribution in [0.15, 0.2) is 60.7 Å². The van der Waals surface area contributed by atoms with E-state index in [9.17, 15) is 13.2 Å². The molecule has 0 saturated carbocycles. The van der Waals surface area contributed by atoms with E-state index in [0.29, 0.717) is 23.7 Å². The number of hydrogen-bond acceptors (Lipinski definition) is 5. The molecule has 33 heavy (non-hydrogen) atoms. The third-order valence-electron chi connectivity index (χ3n) is 5.44. The first kappa shape index (κ1) is 24.4. The Morgan fingerprint density at radius 2 is 1.70 bits per heavy atom. The van der Waals surface area contributed by atoms with Gasteiger partial charge in [-0.2, -0.15) is 0 Å². The van der Waals surface area contributed by atoms with Crippen LogP contribution in [0.2, 0.25) is 0 Å². The van der Waals surface area contributed by atoms with Gasteiger partial charge in [0.2, 0.25) is 15.9 Å². The zero-order chi connectivity index (χ0) is 24.0. The summed E-state index contributed by atoms with van der Waals surface area (Å²) in [5.41, 5.74) is 1.55. The lowest BCUT2D eigenvalue weighted by atomic mass is 9.96. The molecule has 1 N–H and O–H groups in total. The number of hydrogen-bond donors (Lipinski definition) is 1. The van der Waals surface area contributed by atoms with Gasteiger partial charge in [-0.15, -0.1) is 0 Å². The van der Waals surface area contributed by atoms with E-state index in [2.05, 4.69) is 36.5 Å². The fourth-order valence-corrected chi connectivity index (χ4v) is 4.62. The van der Waals surface area contributed by atoms with Crippen LogP contribution >= 0.6 is 0 Å². The first-order chi connectivity index (χ1) is 15.7. The number of amides is 1. The highest BCUT2D eigenvalue weighted by Crippen LogP contribution is 2.32. The van der Waals surface area contributed by atoms with Gasteiger partial charge in [0.25, 0.3) is 0 Å². The van der Waals surface area contributed by atoms with Crippen molar-refractivity contribution < 1.29 is 22.7 Å². The van der Waals surface area contributed by atoms with E-state index in [1.54, 1.807) is 12.1 Å². The zero-order valence-electron chi connectivity index (χ0n) is 19.4. The number of nitrogens with one attached hydrogen (secondary N) is 1. The minimum absolute atomic E-state index is 0.174. The number of carbonyl (C=O) groups is 1. The second-order valence-electron chi connectivity index (χ2n) is 8.06. The van der Waals surface area contributed by atoms with Crippen molar-refractivity contribution in [1.82, 2.24) is 5.32 Å². The molecule has 1 amide bonds. The molecule has 0 aliphatic rings. The van der Waals surface area contributed by atoms with E-state index in [0.717, 1.165) is 17.0 Å². The number of fused-ring (bicyclic) bond motifs is 1. The maximum absolute atomic E-state index is 12.6. The molecule has 0 saturated heterocycles. The smallest absolute Gasteiger partial charge is 0.240 e. The fourth-order valence-electron chi connectivity index (χ4n) is 3.77. The molecule has 7 nitrogen and oxygen atoms in total. The van der Waals surface area contributed by atoms with Crippen molar-refractivity contribution in [2.24, 2.45) is 5.92 Å². The van der Waals surface area contributed by atoms with Crippen LogP contribution in [0.1, 0.15) is 12.5 Å². The van der Waals surface area contributed by atoms with Gasteiger partial charge in [-0.1, -0.05) is 49.4 Å². The molecule has 0 heterocycles. The van der Waals surface area contributed by atoms with E-state index >= 15 is 0 Å². The summed E-state index contributed by atoms with van der Waals surface area (Å²) >= 11 is 0. The van der Waals surface area contributed by atoms with Crippen LogP contribution in [0.5, 0.6) is 11.5 Å². The van der Waals surface area contributed by atoms with Gasteiger partial charge in [0, 0.05) is 12.6 Å². The van der Waals surface area contributed by atoms with Gasteiger partial charge < -0.3 is 14.8 Å². The summed E-state index contributed by atoms with van der Waals surface area (Å²) in [4.78, 5) is 12.6. The van der Waals surface area contributed by atoms with Crippen molar-refractivity contribution in [3.05, 3.63) is 66.2 Å². The molecule has 3 rings (SSSR count). The van der Waals surface area contributed by atoms with Gasteiger partial charge >= 0.3 is 0 Å². The molecule has 1 atom stereocenters. The highest BCUT2D eigenvalue weighted by Gasteiger charge is 2.22. The lowest BCUT2D eigenvalue weighted by Crippen LogP contribution is -2.41. The lowest BCUT2D eigenvalue weighted by molar-refractivity contribution is -0.119. The van der Waals surface area contributed by atoms with Crippen LogP contribution in [0.4, 0.5) is 5.69 Å². The van der Waals surface area contributed by atoms with Crippen LogP contribution in [0.3, 0.4) is 0 Å². The normalized spacial score (nSPS) is 12.2. The number of ether oxygens (including phenoxy) is 2. The average molecular weight is 471 g/mol. The van der Waals surface area contributed by atoms with E-state index in [4.69, 9.17) is 9.47 Å². The fraction of sp³-hybridized carbons (Fsp3) is 0.320. The SMILES string of the molecule is COc1ccc(N(CC(=O)NCC(C)Cc2cccc3ccccc23)S(C)(=O)=O)cc1OC. The zero-order valence-corrected chi connectivity index (χ0v) is 20.2. The standard InChI is InChI=1S/C25H30N2O5S/c1-18(14-20-10-7-9-19-8-5-6-11-22(19)20)16-26-25(28)17-27(33(4,29)30)21-12-13-23(31-2)24(15-21)32-3/h5-13,15,18H,14,16-17H2,1-4H3,(H,26,28). The third kappa shape index (κ3) is 6.16. The van der Waals surface area contributed by atoms with Gasteiger partial charge in [0.05, 0.1) is 26.2 Å². The van der Waals surface area contributed by atoms with Gasteiger partial charge in [0.15, 0.2) is 11.5 Å². The van der Waals surface area contributed by atoms with Gasteiger partial charge in [-0.05, 0) is 40.8 Å².